The van der Waals surface area contributed by atoms with Crippen LogP contribution in [0.15, 0.2) is 12.3 Å². The van der Waals surface area contributed by atoms with E-state index in [1.54, 1.807) is 11.9 Å². The van der Waals surface area contributed by atoms with E-state index in [4.69, 9.17) is 11.6 Å². The zero-order valence-corrected chi connectivity index (χ0v) is 11.5. The monoisotopic (exact) mass is 286 g/mol. The van der Waals surface area contributed by atoms with Crippen LogP contribution < -0.4 is 10.2 Å². The summed E-state index contributed by atoms with van der Waals surface area (Å²) in [6, 6.07) is 1.27. The molecule has 0 fully saturated rings. The van der Waals surface area contributed by atoms with E-state index in [1.165, 1.54) is 19.2 Å². The summed E-state index contributed by atoms with van der Waals surface area (Å²) in [6.45, 7) is 2.65. The molecule has 1 aromatic heterocycles. The number of pyridine rings is 1. The van der Waals surface area contributed by atoms with E-state index in [0.717, 1.165) is 6.42 Å². The zero-order valence-electron chi connectivity index (χ0n) is 10.7. The number of amides is 1. The van der Waals surface area contributed by atoms with Gasteiger partial charge in [0.05, 0.1) is 9.95 Å². The first-order valence-corrected chi connectivity index (χ1v) is 6.05. The van der Waals surface area contributed by atoms with Gasteiger partial charge in [0.2, 0.25) is 5.91 Å². The first kappa shape index (κ1) is 15.2. The Hall–Kier alpha value is -1.89. The molecule has 0 saturated carbocycles. The van der Waals surface area contributed by atoms with Crippen LogP contribution in [0.5, 0.6) is 0 Å². The molecule has 7 nitrogen and oxygen atoms in total. The fourth-order valence-corrected chi connectivity index (χ4v) is 1.79. The van der Waals surface area contributed by atoms with Crippen molar-refractivity contribution in [2.45, 2.75) is 13.3 Å². The van der Waals surface area contributed by atoms with E-state index in [2.05, 4.69) is 10.3 Å². The molecule has 1 heterocycles. The smallest absolute Gasteiger partial charge is 0.289 e. The number of aromatic nitrogens is 1. The van der Waals surface area contributed by atoms with Gasteiger partial charge in [-0.2, -0.15) is 0 Å². The number of rotatable bonds is 6. The van der Waals surface area contributed by atoms with Gasteiger partial charge in [-0.25, -0.2) is 4.98 Å². The molecule has 0 aliphatic carbocycles. The summed E-state index contributed by atoms with van der Waals surface area (Å²) in [5.41, 5.74) is -0.139. The normalized spacial score (nSPS) is 10.1. The maximum Gasteiger partial charge on any atom is 0.289 e. The maximum absolute atomic E-state index is 10.7. The lowest BCUT2D eigenvalue weighted by atomic mass is 10.3. The van der Waals surface area contributed by atoms with Crippen molar-refractivity contribution in [3.05, 3.63) is 27.4 Å². The molecule has 1 amide bonds. The number of halogens is 1. The van der Waals surface area contributed by atoms with Crippen molar-refractivity contribution in [3.63, 3.8) is 0 Å². The molecule has 0 aromatic carbocycles. The summed E-state index contributed by atoms with van der Waals surface area (Å²) >= 11 is 5.95. The van der Waals surface area contributed by atoms with Crippen LogP contribution in [0.4, 0.5) is 11.5 Å². The molecule has 0 radical (unpaired) electrons. The van der Waals surface area contributed by atoms with Crippen LogP contribution in [0.2, 0.25) is 5.02 Å². The Morgan fingerprint density at radius 1 is 1.63 bits per heavy atom. The molecule has 1 N–H and O–H groups in total. The van der Waals surface area contributed by atoms with Gasteiger partial charge in [-0.05, 0) is 6.42 Å². The number of hydrogen-bond donors (Lipinski definition) is 1. The molecule has 1 aromatic rings. The second-order valence-electron chi connectivity index (χ2n) is 4.01. The molecule has 1 rings (SSSR count). The van der Waals surface area contributed by atoms with Crippen LogP contribution in [0.1, 0.15) is 13.3 Å². The zero-order chi connectivity index (χ0) is 14.4. The third-order valence-electron chi connectivity index (χ3n) is 2.42. The van der Waals surface area contributed by atoms with Gasteiger partial charge in [-0.3, -0.25) is 14.9 Å². The number of carbonyl (C=O) groups is 1. The number of nitro groups is 1. The first-order chi connectivity index (χ1) is 8.91. The third-order valence-corrected chi connectivity index (χ3v) is 2.70. The second-order valence-corrected chi connectivity index (χ2v) is 4.42. The predicted octanol–water partition coefficient (Wildman–Crippen LogP) is 1.61. The van der Waals surface area contributed by atoms with E-state index in [0.29, 0.717) is 18.9 Å². The topological polar surface area (TPSA) is 88.4 Å². The Morgan fingerprint density at radius 3 is 2.84 bits per heavy atom. The number of nitrogens with one attached hydrogen (secondary N) is 1. The molecule has 0 unspecified atom stereocenters. The van der Waals surface area contributed by atoms with Gasteiger partial charge < -0.3 is 10.2 Å². The average molecular weight is 287 g/mol. The molecule has 104 valence electrons. The van der Waals surface area contributed by atoms with Crippen LogP contribution in [0.3, 0.4) is 0 Å². The predicted molar refractivity (Wildman–Crippen MR) is 72.5 cm³/mol. The highest BCUT2D eigenvalue weighted by molar-refractivity contribution is 6.33. The lowest BCUT2D eigenvalue weighted by Gasteiger charge is -2.18. The fraction of sp³-hybridized carbons (Fsp3) is 0.455. The molecule has 0 bridgehead atoms. The highest BCUT2D eigenvalue weighted by Crippen LogP contribution is 2.26. The Labute approximate surface area is 115 Å². The summed E-state index contributed by atoms with van der Waals surface area (Å²) in [5.74, 6) is 0.407. The van der Waals surface area contributed by atoms with Gasteiger partial charge in [0.15, 0.2) is 0 Å². The van der Waals surface area contributed by atoms with E-state index >= 15 is 0 Å². The molecule has 0 aliphatic rings. The van der Waals surface area contributed by atoms with Gasteiger partial charge in [0.1, 0.15) is 12.0 Å². The van der Waals surface area contributed by atoms with Crippen molar-refractivity contribution in [1.29, 1.82) is 0 Å². The summed E-state index contributed by atoms with van der Waals surface area (Å²) < 4.78 is 0. The molecule has 8 heteroatoms. The number of anilines is 1. The van der Waals surface area contributed by atoms with E-state index in [-0.39, 0.29) is 16.6 Å². The Balaban J connectivity index is 2.59. The van der Waals surface area contributed by atoms with Gasteiger partial charge in [0, 0.05) is 33.1 Å². The van der Waals surface area contributed by atoms with Crippen LogP contribution in [0.25, 0.3) is 0 Å². The van der Waals surface area contributed by atoms with E-state index in [9.17, 15) is 14.9 Å². The summed E-state index contributed by atoms with van der Waals surface area (Å²) in [4.78, 5) is 26.5. The number of carbonyl (C=O) groups excluding carboxylic acids is 1. The minimum Gasteiger partial charge on any atom is -0.358 e. The standard InChI is InChI=1S/C11H15ClN4O3/c1-8(17)13-4-3-5-15(2)11-10(12)6-9(7-14-11)16(18)19/h6-7H,3-5H2,1-2H3,(H,13,17). The molecular weight excluding hydrogens is 272 g/mol. The second kappa shape index (κ2) is 6.89. The first-order valence-electron chi connectivity index (χ1n) is 5.67. The van der Waals surface area contributed by atoms with E-state index < -0.39 is 4.92 Å². The van der Waals surface area contributed by atoms with Crippen molar-refractivity contribution in [3.8, 4) is 0 Å². The van der Waals surface area contributed by atoms with Crippen molar-refractivity contribution < 1.29 is 9.72 Å². The maximum atomic E-state index is 10.7. The van der Waals surface area contributed by atoms with Gasteiger partial charge in [0.25, 0.3) is 5.69 Å². The lowest BCUT2D eigenvalue weighted by Crippen LogP contribution is -2.26. The number of nitrogens with zero attached hydrogens (tertiary/aromatic N) is 3. The van der Waals surface area contributed by atoms with Gasteiger partial charge in [-0.1, -0.05) is 11.6 Å². The molecule has 19 heavy (non-hydrogen) atoms. The Kier molecular flexibility index (Phi) is 5.50. The minimum atomic E-state index is -0.542. The molecule has 0 spiro atoms. The van der Waals surface area contributed by atoms with Crippen molar-refractivity contribution in [2.75, 3.05) is 25.0 Å². The van der Waals surface area contributed by atoms with Crippen molar-refractivity contribution >= 4 is 29.0 Å². The van der Waals surface area contributed by atoms with Crippen LogP contribution in [0, 0.1) is 10.1 Å². The van der Waals surface area contributed by atoms with Crippen LogP contribution >= 0.6 is 11.6 Å². The summed E-state index contributed by atoms with van der Waals surface area (Å²) in [6.07, 6.45) is 1.90. The lowest BCUT2D eigenvalue weighted by molar-refractivity contribution is -0.385. The SMILES string of the molecule is CC(=O)NCCCN(C)c1ncc([N+](=O)[O-])cc1Cl. The minimum absolute atomic E-state index is 0.0749. The molecule has 0 saturated heterocycles. The van der Waals surface area contributed by atoms with Gasteiger partial charge >= 0.3 is 0 Å². The van der Waals surface area contributed by atoms with Crippen LogP contribution in [-0.2, 0) is 4.79 Å². The highest BCUT2D eigenvalue weighted by atomic mass is 35.5. The highest BCUT2D eigenvalue weighted by Gasteiger charge is 2.13. The fourth-order valence-electron chi connectivity index (χ4n) is 1.49. The summed E-state index contributed by atoms with van der Waals surface area (Å²) in [7, 11) is 1.79. The molecular formula is C11H15ClN4O3. The quantitative estimate of drug-likeness (QED) is 0.487. The molecule has 0 aliphatic heterocycles. The molecule has 0 atom stereocenters. The van der Waals surface area contributed by atoms with Crippen LogP contribution in [-0.4, -0.2) is 36.0 Å². The summed E-state index contributed by atoms with van der Waals surface area (Å²) in [5, 5.41) is 13.5. The third kappa shape index (κ3) is 4.70. The van der Waals surface area contributed by atoms with E-state index in [1.807, 2.05) is 0 Å². The number of hydrogen-bond acceptors (Lipinski definition) is 5. The van der Waals surface area contributed by atoms with Crippen molar-refractivity contribution in [2.24, 2.45) is 0 Å². The Morgan fingerprint density at radius 2 is 2.32 bits per heavy atom. The average Bonchev–Trinajstić information content (AvgIpc) is 2.33. The van der Waals surface area contributed by atoms with Crippen molar-refractivity contribution in [1.82, 2.24) is 10.3 Å². The van der Waals surface area contributed by atoms with Gasteiger partial charge in [-0.15, -0.1) is 0 Å². The largest absolute Gasteiger partial charge is 0.358 e. The Bertz CT molecular complexity index is 481.